The SMILES string of the molecule is O=c1oc2ccc(Br)cc2n1C[C@H]1COCCN1. The number of halogens is 1. The Balaban J connectivity index is 1.97. The molecule has 96 valence electrons. The molecule has 1 aliphatic rings. The Morgan fingerprint density at radius 3 is 3.17 bits per heavy atom. The first-order valence-electron chi connectivity index (χ1n) is 5.84. The molecule has 0 amide bonds. The zero-order valence-electron chi connectivity index (χ0n) is 9.69. The fourth-order valence-electron chi connectivity index (χ4n) is 2.17. The lowest BCUT2D eigenvalue weighted by Gasteiger charge is -2.23. The summed E-state index contributed by atoms with van der Waals surface area (Å²) in [5.41, 5.74) is 1.42. The molecule has 1 aliphatic heterocycles. The van der Waals surface area contributed by atoms with Gasteiger partial charge in [0.2, 0.25) is 0 Å². The van der Waals surface area contributed by atoms with Crippen LogP contribution in [0.4, 0.5) is 0 Å². The lowest BCUT2D eigenvalue weighted by atomic mass is 10.2. The number of hydrogen-bond donors (Lipinski definition) is 1. The van der Waals surface area contributed by atoms with Gasteiger partial charge in [0.15, 0.2) is 5.58 Å². The summed E-state index contributed by atoms with van der Waals surface area (Å²) >= 11 is 3.40. The summed E-state index contributed by atoms with van der Waals surface area (Å²) < 4.78 is 13.2. The minimum atomic E-state index is -0.324. The van der Waals surface area contributed by atoms with E-state index in [0.29, 0.717) is 18.7 Å². The summed E-state index contributed by atoms with van der Waals surface area (Å²) in [6, 6.07) is 5.69. The van der Waals surface area contributed by atoms with Gasteiger partial charge < -0.3 is 14.5 Å². The van der Waals surface area contributed by atoms with Gasteiger partial charge in [-0.1, -0.05) is 15.9 Å². The van der Waals surface area contributed by atoms with E-state index in [2.05, 4.69) is 21.2 Å². The van der Waals surface area contributed by atoms with E-state index < -0.39 is 0 Å². The lowest BCUT2D eigenvalue weighted by Crippen LogP contribution is -2.44. The summed E-state index contributed by atoms with van der Waals surface area (Å²) in [5.74, 6) is -0.324. The van der Waals surface area contributed by atoms with Gasteiger partial charge in [0, 0.05) is 23.6 Å². The molecule has 1 aromatic heterocycles. The summed E-state index contributed by atoms with van der Waals surface area (Å²) in [5, 5.41) is 3.33. The van der Waals surface area contributed by atoms with E-state index in [4.69, 9.17) is 9.15 Å². The average Bonchev–Trinajstić information content (AvgIpc) is 2.67. The van der Waals surface area contributed by atoms with Crippen molar-refractivity contribution >= 4 is 27.0 Å². The van der Waals surface area contributed by atoms with Crippen molar-refractivity contribution in [2.75, 3.05) is 19.8 Å². The van der Waals surface area contributed by atoms with Crippen molar-refractivity contribution in [1.29, 1.82) is 0 Å². The number of hydrogen-bond acceptors (Lipinski definition) is 4. The molecule has 1 fully saturated rings. The van der Waals surface area contributed by atoms with E-state index in [-0.39, 0.29) is 11.8 Å². The number of nitrogens with zero attached hydrogens (tertiary/aromatic N) is 1. The maximum Gasteiger partial charge on any atom is 0.420 e. The summed E-state index contributed by atoms with van der Waals surface area (Å²) in [6.07, 6.45) is 0. The van der Waals surface area contributed by atoms with Gasteiger partial charge in [-0.25, -0.2) is 4.79 Å². The number of ether oxygens (including phenoxy) is 1. The first-order valence-corrected chi connectivity index (χ1v) is 6.63. The van der Waals surface area contributed by atoms with Crippen LogP contribution in [0.15, 0.2) is 31.9 Å². The molecule has 0 radical (unpaired) electrons. The van der Waals surface area contributed by atoms with E-state index in [1.54, 1.807) is 10.6 Å². The maximum absolute atomic E-state index is 11.8. The van der Waals surface area contributed by atoms with Crippen LogP contribution in [0.2, 0.25) is 0 Å². The fraction of sp³-hybridized carbons (Fsp3) is 0.417. The predicted octanol–water partition coefficient (Wildman–Crippen LogP) is 1.35. The zero-order chi connectivity index (χ0) is 12.5. The molecule has 1 N–H and O–H groups in total. The quantitative estimate of drug-likeness (QED) is 0.909. The number of oxazole rings is 1. The predicted molar refractivity (Wildman–Crippen MR) is 70.8 cm³/mol. The molecule has 1 atom stereocenters. The number of rotatable bonds is 2. The van der Waals surface area contributed by atoms with E-state index in [1.807, 2.05) is 12.1 Å². The van der Waals surface area contributed by atoms with Crippen LogP contribution in [0.25, 0.3) is 11.1 Å². The Morgan fingerprint density at radius 2 is 2.39 bits per heavy atom. The van der Waals surface area contributed by atoms with Gasteiger partial charge in [-0.2, -0.15) is 0 Å². The first-order chi connectivity index (χ1) is 8.74. The van der Waals surface area contributed by atoms with Crippen molar-refractivity contribution in [3.8, 4) is 0 Å². The molecule has 0 saturated carbocycles. The van der Waals surface area contributed by atoms with E-state index in [0.717, 1.165) is 23.1 Å². The molecule has 2 aromatic rings. The highest BCUT2D eigenvalue weighted by Crippen LogP contribution is 2.19. The van der Waals surface area contributed by atoms with E-state index in [1.165, 1.54) is 0 Å². The van der Waals surface area contributed by atoms with Gasteiger partial charge in [-0.15, -0.1) is 0 Å². The lowest BCUT2D eigenvalue weighted by molar-refractivity contribution is 0.0711. The van der Waals surface area contributed by atoms with Crippen LogP contribution in [0.1, 0.15) is 0 Å². The Hall–Kier alpha value is -1.11. The highest BCUT2D eigenvalue weighted by molar-refractivity contribution is 9.10. The smallest absolute Gasteiger partial charge is 0.408 e. The highest BCUT2D eigenvalue weighted by atomic mass is 79.9. The molecule has 0 spiro atoms. The van der Waals surface area contributed by atoms with Crippen LogP contribution in [-0.4, -0.2) is 30.4 Å². The third-order valence-corrected chi connectivity index (χ3v) is 3.52. The molecular formula is C12H13BrN2O3. The number of morpholine rings is 1. The summed E-state index contributed by atoms with van der Waals surface area (Å²) in [7, 11) is 0. The molecule has 5 nitrogen and oxygen atoms in total. The molecule has 1 saturated heterocycles. The Labute approximate surface area is 112 Å². The third-order valence-electron chi connectivity index (χ3n) is 3.03. The summed E-state index contributed by atoms with van der Waals surface area (Å²) in [6.45, 7) is 2.72. The standard InChI is InChI=1S/C12H13BrN2O3/c13-8-1-2-11-10(5-8)15(12(16)18-11)6-9-7-17-4-3-14-9/h1-2,5,9,14H,3-4,6-7H2/t9-/m0/s1. The van der Waals surface area contributed by atoms with Gasteiger partial charge >= 0.3 is 5.76 Å². The van der Waals surface area contributed by atoms with Crippen LogP contribution in [0.3, 0.4) is 0 Å². The van der Waals surface area contributed by atoms with E-state index >= 15 is 0 Å². The van der Waals surface area contributed by atoms with Gasteiger partial charge in [0.1, 0.15) is 0 Å². The Kier molecular flexibility index (Phi) is 3.23. The van der Waals surface area contributed by atoms with Crippen molar-refractivity contribution in [1.82, 2.24) is 9.88 Å². The second-order valence-electron chi connectivity index (χ2n) is 4.32. The molecule has 0 unspecified atom stereocenters. The number of benzene rings is 1. The molecule has 2 heterocycles. The van der Waals surface area contributed by atoms with Crippen molar-refractivity contribution in [2.24, 2.45) is 0 Å². The van der Waals surface area contributed by atoms with Crippen LogP contribution in [0, 0.1) is 0 Å². The van der Waals surface area contributed by atoms with Crippen molar-refractivity contribution in [3.05, 3.63) is 33.2 Å². The largest absolute Gasteiger partial charge is 0.420 e. The number of nitrogens with one attached hydrogen (secondary N) is 1. The normalized spacial score (nSPS) is 20.4. The molecule has 18 heavy (non-hydrogen) atoms. The van der Waals surface area contributed by atoms with Crippen LogP contribution in [0.5, 0.6) is 0 Å². The Bertz CT molecular complexity index is 613. The first kappa shape index (κ1) is 12.0. The molecule has 3 rings (SSSR count). The van der Waals surface area contributed by atoms with Crippen molar-refractivity contribution in [2.45, 2.75) is 12.6 Å². The van der Waals surface area contributed by atoms with Crippen LogP contribution < -0.4 is 11.1 Å². The average molecular weight is 313 g/mol. The minimum Gasteiger partial charge on any atom is -0.408 e. The number of fused-ring (bicyclic) bond motifs is 1. The monoisotopic (exact) mass is 312 g/mol. The number of aromatic nitrogens is 1. The van der Waals surface area contributed by atoms with Crippen molar-refractivity contribution in [3.63, 3.8) is 0 Å². The minimum absolute atomic E-state index is 0.149. The zero-order valence-corrected chi connectivity index (χ0v) is 11.3. The fourth-order valence-corrected chi connectivity index (χ4v) is 2.51. The third kappa shape index (κ3) is 2.23. The highest BCUT2D eigenvalue weighted by Gasteiger charge is 2.17. The van der Waals surface area contributed by atoms with Gasteiger partial charge in [-0.3, -0.25) is 4.57 Å². The molecule has 6 heteroatoms. The maximum atomic E-state index is 11.8. The second-order valence-corrected chi connectivity index (χ2v) is 5.23. The molecular weight excluding hydrogens is 300 g/mol. The van der Waals surface area contributed by atoms with Crippen LogP contribution >= 0.6 is 15.9 Å². The van der Waals surface area contributed by atoms with Gasteiger partial charge in [0.25, 0.3) is 0 Å². The molecule has 0 bridgehead atoms. The Morgan fingerprint density at radius 1 is 1.50 bits per heavy atom. The van der Waals surface area contributed by atoms with Gasteiger partial charge in [0.05, 0.1) is 18.7 Å². The van der Waals surface area contributed by atoms with Crippen molar-refractivity contribution < 1.29 is 9.15 Å². The summed E-state index contributed by atoms with van der Waals surface area (Å²) in [4.78, 5) is 11.8. The van der Waals surface area contributed by atoms with Gasteiger partial charge in [-0.05, 0) is 18.2 Å². The topological polar surface area (TPSA) is 56.4 Å². The van der Waals surface area contributed by atoms with Crippen LogP contribution in [-0.2, 0) is 11.3 Å². The molecule has 1 aromatic carbocycles. The van der Waals surface area contributed by atoms with E-state index in [9.17, 15) is 4.79 Å². The molecule has 0 aliphatic carbocycles. The second kappa shape index (κ2) is 4.87.